The number of benzene rings is 3. The number of aryl methyl sites for hydroxylation is 2. The number of aliphatic hydroxyl groups excluding tert-OH is 1. The van der Waals surface area contributed by atoms with E-state index in [2.05, 4.69) is 10.3 Å². The molecule has 4 aromatic rings. The van der Waals surface area contributed by atoms with E-state index in [0.717, 1.165) is 4.90 Å². The zero-order valence-corrected chi connectivity index (χ0v) is 35.0. The molecule has 1 fully saturated rings. The number of likely N-dealkylation sites (N-methyl/N-ethyl adjacent to an activating group) is 1. The Morgan fingerprint density at radius 1 is 0.931 bits per heavy atom. The molecule has 1 aromatic heterocycles. The number of imide groups is 1. The number of nitrogens with one attached hydrogen (secondary N) is 1. The van der Waals surface area contributed by atoms with Gasteiger partial charge in [0.25, 0.3) is 5.92 Å². The summed E-state index contributed by atoms with van der Waals surface area (Å²) in [7, 11) is -2.16. The van der Waals surface area contributed by atoms with Crippen LogP contribution in [0.2, 0.25) is 0 Å². The number of fused-ring (bicyclic) bond motifs is 1. The first-order valence-electron chi connectivity index (χ1n) is 18.7. The number of anilines is 3. The first-order valence-corrected chi connectivity index (χ1v) is 20.3. The number of carbonyl (C=O) groups is 3. The minimum absolute atomic E-state index is 0.0642. The van der Waals surface area contributed by atoms with Crippen LogP contribution in [-0.4, -0.2) is 71.6 Å². The Labute approximate surface area is 337 Å². The summed E-state index contributed by atoms with van der Waals surface area (Å²) >= 11 is 0. The van der Waals surface area contributed by atoms with Gasteiger partial charge >= 0.3 is 12.2 Å². The van der Waals surface area contributed by atoms with E-state index in [4.69, 9.17) is 15.2 Å². The standard InChI is InChI=1S/C42H51F2N5O8S/c1-24-18-27(19-25(2)34(24)42(43,44)23-50)35(37(51)48(9)22-28-20-29(45)10-15-33(28)58(54,55)31-12-13-31)47-30-11-14-32-26(21-30)16-17-46-36(32)49(38(52)56-40(3,4)5)39(53)57-41(6,7)8/h10-11,14-21,31,35,47,50H,12-13,22-23,45H2,1-9H3. The predicted octanol–water partition coefficient (Wildman–Crippen LogP) is 7.94. The van der Waals surface area contributed by atoms with Crippen LogP contribution in [0.3, 0.4) is 0 Å². The minimum atomic E-state index is -3.66. The molecule has 1 aliphatic carbocycles. The van der Waals surface area contributed by atoms with Crippen LogP contribution in [0.25, 0.3) is 10.8 Å². The van der Waals surface area contributed by atoms with Crippen molar-refractivity contribution in [1.82, 2.24) is 9.88 Å². The molecule has 0 bridgehead atoms. The van der Waals surface area contributed by atoms with Gasteiger partial charge in [-0.2, -0.15) is 13.7 Å². The van der Waals surface area contributed by atoms with E-state index in [0.29, 0.717) is 46.1 Å². The highest BCUT2D eigenvalue weighted by Crippen LogP contribution is 2.38. The predicted molar refractivity (Wildman–Crippen MR) is 217 cm³/mol. The summed E-state index contributed by atoms with van der Waals surface area (Å²) in [4.78, 5) is 48.0. The number of rotatable bonds is 11. The number of ether oxygens (including phenoxy) is 2. The van der Waals surface area contributed by atoms with E-state index in [-0.39, 0.29) is 33.9 Å². The molecule has 0 saturated heterocycles. The number of nitrogen functional groups attached to an aromatic ring is 1. The Morgan fingerprint density at radius 2 is 1.52 bits per heavy atom. The lowest BCUT2D eigenvalue weighted by molar-refractivity contribution is -0.131. The molecule has 1 saturated carbocycles. The Kier molecular flexibility index (Phi) is 12.2. The first-order chi connectivity index (χ1) is 26.8. The molecule has 5 rings (SSSR count). The van der Waals surface area contributed by atoms with E-state index in [1.54, 1.807) is 65.8 Å². The van der Waals surface area contributed by atoms with Gasteiger partial charge in [0.1, 0.15) is 23.9 Å². The van der Waals surface area contributed by atoms with Crippen molar-refractivity contribution >= 4 is 55.9 Å². The molecule has 1 unspecified atom stereocenters. The molecule has 1 heterocycles. The van der Waals surface area contributed by atoms with E-state index >= 15 is 0 Å². The summed E-state index contributed by atoms with van der Waals surface area (Å²) in [5, 5.41) is 13.1. The van der Waals surface area contributed by atoms with Crippen LogP contribution < -0.4 is 16.0 Å². The number of alkyl halides is 2. The lowest BCUT2D eigenvalue weighted by Crippen LogP contribution is -2.44. The van der Waals surface area contributed by atoms with E-state index < -0.39 is 63.0 Å². The average Bonchev–Trinajstić information content (AvgIpc) is 3.95. The molecule has 58 heavy (non-hydrogen) atoms. The molecule has 0 radical (unpaired) electrons. The van der Waals surface area contributed by atoms with Gasteiger partial charge in [-0.15, -0.1) is 0 Å². The van der Waals surface area contributed by atoms with Crippen LogP contribution >= 0.6 is 0 Å². The second kappa shape index (κ2) is 16.1. The SMILES string of the molecule is Cc1cc(C(Nc2ccc3c(N(C(=O)OC(C)(C)C)C(=O)OC(C)(C)C)nccc3c2)C(=O)N(C)Cc2cc(N)ccc2S(=O)(=O)C2CC2)cc(C)c1C(F)(F)CO. The summed E-state index contributed by atoms with van der Waals surface area (Å²) < 4.78 is 67.6. The number of hydrogen-bond donors (Lipinski definition) is 3. The van der Waals surface area contributed by atoms with Crippen LogP contribution in [0.15, 0.2) is 65.7 Å². The van der Waals surface area contributed by atoms with Crippen molar-refractivity contribution in [3.05, 3.63) is 88.6 Å². The van der Waals surface area contributed by atoms with Gasteiger partial charge in [-0.1, -0.05) is 12.1 Å². The second-order valence-corrected chi connectivity index (χ2v) is 18.8. The van der Waals surface area contributed by atoms with Crippen LogP contribution in [0, 0.1) is 13.8 Å². The second-order valence-electron chi connectivity index (χ2n) is 16.6. The third-order valence-corrected chi connectivity index (χ3v) is 11.6. The maximum absolute atomic E-state index is 14.9. The van der Waals surface area contributed by atoms with Crippen molar-refractivity contribution in [3.63, 3.8) is 0 Å². The fourth-order valence-corrected chi connectivity index (χ4v) is 8.54. The van der Waals surface area contributed by atoms with Crippen molar-refractivity contribution in [2.24, 2.45) is 0 Å². The number of nitrogens with two attached hydrogens (primary N) is 1. The number of aliphatic hydroxyl groups is 1. The summed E-state index contributed by atoms with van der Waals surface area (Å²) in [5.74, 6) is -4.14. The molecule has 16 heteroatoms. The molecule has 0 spiro atoms. The van der Waals surface area contributed by atoms with Gasteiger partial charge in [-0.05, 0) is 138 Å². The molecule has 3 amide bonds. The Balaban J connectivity index is 1.58. The van der Waals surface area contributed by atoms with Gasteiger partial charge in [-0.25, -0.2) is 23.0 Å². The lowest BCUT2D eigenvalue weighted by Gasteiger charge is -2.29. The highest BCUT2D eigenvalue weighted by Gasteiger charge is 2.39. The van der Waals surface area contributed by atoms with E-state index in [1.807, 2.05) is 0 Å². The molecular weight excluding hydrogens is 773 g/mol. The van der Waals surface area contributed by atoms with Crippen LogP contribution in [0.5, 0.6) is 0 Å². The van der Waals surface area contributed by atoms with Gasteiger partial charge in [-0.3, -0.25) is 4.79 Å². The Morgan fingerprint density at radius 3 is 2.05 bits per heavy atom. The van der Waals surface area contributed by atoms with Crippen LogP contribution in [-0.2, 0) is 36.6 Å². The molecular formula is C42H51F2N5O8S. The van der Waals surface area contributed by atoms with Gasteiger partial charge in [0, 0.05) is 42.1 Å². The highest BCUT2D eigenvalue weighted by atomic mass is 32.2. The van der Waals surface area contributed by atoms with Crippen LogP contribution in [0.1, 0.15) is 88.2 Å². The Hall–Kier alpha value is -5.35. The third kappa shape index (κ3) is 9.84. The number of sulfone groups is 1. The molecule has 1 atom stereocenters. The fraction of sp³-hybridized carbons (Fsp3) is 0.429. The molecule has 1 aliphatic rings. The van der Waals surface area contributed by atoms with Crippen molar-refractivity contribution in [3.8, 4) is 0 Å². The van der Waals surface area contributed by atoms with Gasteiger partial charge in [0.15, 0.2) is 15.7 Å². The number of carbonyl (C=O) groups excluding carboxylic acids is 3. The number of pyridine rings is 1. The number of aromatic nitrogens is 1. The molecule has 312 valence electrons. The normalized spacial score (nSPS) is 14.1. The number of nitrogens with zero attached hydrogens (tertiary/aromatic N) is 3. The van der Waals surface area contributed by atoms with Crippen LogP contribution in [0.4, 0.5) is 35.6 Å². The zero-order valence-electron chi connectivity index (χ0n) is 34.1. The van der Waals surface area contributed by atoms with E-state index in [9.17, 15) is 36.7 Å². The summed E-state index contributed by atoms with van der Waals surface area (Å²) in [6, 6.07) is 12.6. The number of hydrogen-bond acceptors (Lipinski definition) is 11. The molecule has 13 nitrogen and oxygen atoms in total. The topological polar surface area (TPSA) is 181 Å². The van der Waals surface area contributed by atoms with Gasteiger partial charge < -0.3 is 30.5 Å². The van der Waals surface area contributed by atoms with Crippen molar-refractivity contribution in [2.45, 2.75) is 108 Å². The quantitative estimate of drug-likeness (QED) is 0.125. The largest absolute Gasteiger partial charge is 0.443 e. The number of amides is 3. The summed E-state index contributed by atoms with van der Waals surface area (Å²) in [5.41, 5.74) is 5.42. The minimum Gasteiger partial charge on any atom is -0.443 e. The molecule has 3 aromatic carbocycles. The average molecular weight is 824 g/mol. The van der Waals surface area contributed by atoms with Crippen molar-refractivity contribution in [1.29, 1.82) is 0 Å². The molecule has 0 aliphatic heterocycles. The summed E-state index contributed by atoms with van der Waals surface area (Å²) in [6.45, 7) is 11.3. The zero-order chi connectivity index (χ0) is 43.1. The first kappa shape index (κ1) is 43.8. The summed E-state index contributed by atoms with van der Waals surface area (Å²) in [6.07, 6.45) is 0.463. The maximum Gasteiger partial charge on any atom is 0.425 e. The smallest absolute Gasteiger partial charge is 0.425 e. The van der Waals surface area contributed by atoms with Crippen molar-refractivity contribution < 1.29 is 46.2 Å². The number of halogens is 2. The maximum atomic E-state index is 14.9. The highest BCUT2D eigenvalue weighted by molar-refractivity contribution is 7.92. The third-order valence-electron chi connectivity index (χ3n) is 9.26. The van der Waals surface area contributed by atoms with Crippen molar-refractivity contribution in [2.75, 3.05) is 29.6 Å². The Bertz CT molecular complexity index is 2300. The van der Waals surface area contributed by atoms with Gasteiger partial charge in [0.2, 0.25) is 5.91 Å². The monoisotopic (exact) mass is 823 g/mol. The molecule has 4 N–H and O–H groups in total. The fourth-order valence-electron chi connectivity index (χ4n) is 6.68. The van der Waals surface area contributed by atoms with E-state index in [1.165, 1.54) is 62.3 Å². The lowest BCUT2D eigenvalue weighted by atomic mass is 9.91. The van der Waals surface area contributed by atoms with Gasteiger partial charge in [0.05, 0.1) is 10.1 Å².